The van der Waals surface area contributed by atoms with Gasteiger partial charge in [0.1, 0.15) is 5.75 Å². The summed E-state index contributed by atoms with van der Waals surface area (Å²) in [5.41, 5.74) is 3.05. The first-order valence-corrected chi connectivity index (χ1v) is 7.01. The maximum atomic E-state index is 5.65. The van der Waals surface area contributed by atoms with E-state index < -0.39 is 0 Å². The van der Waals surface area contributed by atoms with E-state index >= 15 is 0 Å². The summed E-state index contributed by atoms with van der Waals surface area (Å²) >= 11 is 1.67. The number of thiazole rings is 1. The standard InChI is InChI=1S/C14H18N2OS/c1-3-17-14-7-5-4-6-13(14)11(2)16-9-12-8-15-10-18-12/h4-8,10-11,16H,3,9H2,1-2H3. The Labute approximate surface area is 112 Å². The van der Waals surface area contributed by atoms with Crippen molar-refractivity contribution in [3.8, 4) is 5.75 Å². The van der Waals surface area contributed by atoms with Gasteiger partial charge in [-0.2, -0.15) is 0 Å². The van der Waals surface area contributed by atoms with Gasteiger partial charge in [-0.05, 0) is 19.9 Å². The van der Waals surface area contributed by atoms with Gasteiger partial charge in [-0.3, -0.25) is 4.98 Å². The molecule has 0 saturated heterocycles. The lowest BCUT2D eigenvalue weighted by atomic mass is 10.1. The van der Waals surface area contributed by atoms with Crippen LogP contribution in [0.3, 0.4) is 0 Å². The molecule has 0 amide bonds. The van der Waals surface area contributed by atoms with E-state index in [2.05, 4.69) is 23.3 Å². The lowest BCUT2D eigenvalue weighted by molar-refractivity contribution is 0.332. The fourth-order valence-corrected chi connectivity index (χ4v) is 2.36. The Morgan fingerprint density at radius 3 is 2.94 bits per heavy atom. The highest BCUT2D eigenvalue weighted by Gasteiger charge is 2.10. The highest BCUT2D eigenvalue weighted by molar-refractivity contribution is 7.09. The van der Waals surface area contributed by atoms with Crippen LogP contribution in [-0.2, 0) is 6.54 Å². The molecule has 1 aromatic heterocycles. The average Bonchev–Trinajstić information content (AvgIpc) is 2.90. The number of para-hydroxylation sites is 1. The zero-order valence-electron chi connectivity index (χ0n) is 10.7. The lowest BCUT2D eigenvalue weighted by Crippen LogP contribution is -2.18. The number of nitrogens with zero attached hydrogens (tertiary/aromatic N) is 1. The molecule has 0 aliphatic rings. The first kappa shape index (κ1) is 13.1. The van der Waals surface area contributed by atoms with Crippen LogP contribution < -0.4 is 10.1 Å². The Kier molecular flexibility index (Phi) is 4.73. The third-order valence-corrected chi connectivity index (χ3v) is 3.53. The Bertz CT molecular complexity index is 470. The summed E-state index contributed by atoms with van der Waals surface area (Å²) < 4.78 is 5.65. The van der Waals surface area contributed by atoms with Gasteiger partial charge >= 0.3 is 0 Å². The molecule has 2 aromatic rings. The van der Waals surface area contributed by atoms with Gasteiger partial charge in [-0.15, -0.1) is 11.3 Å². The average molecular weight is 262 g/mol. The van der Waals surface area contributed by atoms with E-state index in [0.717, 1.165) is 12.3 Å². The Balaban J connectivity index is 2.01. The van der Waals surface area contributed by atoms with Crippen molar-refractivity contribution >= 4 is 11.3 Å². The molecule has 0 spiro atoms. The Hall–Kier alpha value is -1.39. The summed E-state index contributed by atoms with van der Waals surface area (Å²) in [5, 5.41) is 3.49. The first-order valence-electron chi connectivity index (χ1n) is 6.13. The predicted octanol–water partition coefficient (Wildman–Crippen LogP) is 3.39. The summed E-state index contributed by atoms with van der Waals surface area (Å²) in [4.78, 5) is 5.32. The van der Waals surface area contributed by atoms with Crippen LogP contribution in [0.4, 0.5) is 0 Å². The largest absolute Gasteiger partial charge is 0.494 e. The van der Waals surface area contributed by atoms with Crippen LogP contribution in [-0.4, -0.2) is 11.6 Å². The van der Waals surface area contributed by atoms with Gasteiger partial charge in [0.2, 0.25) is 0 Å². The first-order chi connectivity index (χ1) is 8.81. The van der Waals surface area contributed by atoms with Crippen molar-refractivity contribution < 1.29 is 4.74 Å². The van der Waals surface area contributed by atoms with Crippen molar-refractivity contribution in [1.82, 2.24) is 10.3 Å². The summed E-state index contributed by atoms with van der Waals surface area (Å²) in [6, 6.07) is 8.43. The molecule has 1 aromatic carbocycles. The predicted molar refractivity (Wildman–Crippen MR) is 75.0 cm³/mol. The molecule has 0 fully saturated rings. The van der Waals surface area contributed by atoms with Gasteiger partial charge in [0.05, 0.1) is 12.1 Å². The second kappa shape index (κ2) is 6.52. The molecular formula is C14H18N2OS. The number of benzene rings is 1. The van der Waals surface area contributed by atoms with Crippen LogP contribution in [0.25, 0.3) is 0 Å². The van der Waals surface area contributed by atoms with Crippen molar-refractivity contribution in [3.05, 3.63) is 46.4 Å². The minimum Gasteiger partial charge on any atom is -0.494 e. The molecule has 1 unspecified atom stereocenters. The third-order valence-electron chi connectivity index (χ3n) is 2.75. The molecule has 2 rings (SSSR count). The van der Waals surface area contributed by atoms with Gasteiger partial charge in [0.25, 0.3) is 0 Å². The van der Waals surface area contributed by atoms with Gasteiger partial charge in [0.15, 0.2) is 0 Å². The molecule has 0 radical (unpaired) electrons. The Morgan fingerprint density at radius 1 is 1.39 bits per heavy atom. The van der Waals surface area contributed by atoms with Gasteiger partial charge in [0, 0.05) is 29.2 Å². The lowest BCUT2D eigenvalue weighted by Gasteiger charge is -2.17. The molecule has 1 N–H and O–H groups in total. The molecule has 3 nitrogen and oxygen atoms in total. The molecule has 18 heavy (non-hydrogen) atoms. The molecule has 0 aliphatic carbocycles. The summed E-state index contributed by atoms with van der Waals surface area (Å²) in [6.45, 7) is 5.69. The minimum atomic E-state index is 0.259. The normalized spacial score (nSPS) is 12.3. The van der Waals surface area contributed by atoms with Gasteiger partial charge in [-0.25, -0.2) is 0 Å². The summed E-state index contributed by atoms with van der Waals surface area (Å²) in [6.07, 6.45) is 1.90. The van der Waals surface area contributed by atoms with Crippen molar-refractivity contribution in [2.24, 2.45) is 0 Å². The fraction of sp³-hybridized carbons (Fsp3) is 0.357. The number of aromatic nitrogens is 1. The zero-order chi connectivity index (χ0) is 12.8. The maximum Gasteiger partial charge on any atom is 0.124 e. The summed E-state index contributed by atoms with van der Waals surface area (Å²) in [7, 11) is 0. The second-order valence-corrected chi connectivity index (χ2v) is 5.01. The molecule has 4 heteroatoms. The molecule has 1 atom stereocenters. The van der Waals surface area contributed by atoms with E-state index in [-0.39, 0.29) is 6.04 Å². The van der Waals surface area contributed by atoms with E-state index in [1.807, 2.05) is 36.8 Å². The van der Waals surface area contributed by atoms with Crippen LogP contribution in [0.15, 0.2) is 36.0 Å². The van der Waals surface area contributed by atoms with Crippen molar-refractivity contribution in [3.63, 3.8) is 0 Å². The van der Waals surface area contributed by atoms with Crippen molar-refractivity contribution in [2.45, 2.75) is 26.4 Å². The van der Waals surface area contributed by atoms with Crippen LogP contribution in [0.1, 0.15) is 30.3 Å². The molecule has 0 bridgehead atoms. The number of rotatable bonds is 6. The van der Waals surface area contributed by atoms with E-state index in [9.17, 15) is 0 Å². The Morgan fingerprint density at radius 2 is 2.22 bits per heavy atom. The number of hydrogen-bond donors (Lipinski definition) is 1. The van der Waals surface area contributed by atoms with Crippen LogP contribution in [0, 0.1) is 0 Å². The molecule has 0 saturated carbocycles. The molecule has 96 valence electrons. The smallest absolute Gasteiger partial charge is 0.124 e. The highest BCUT2D eigenvalue weighted by Crippen LogP contribution is 2.25. The van der Waals surface area contributed by atoms with Crippen LogP contribution in [0.2, 0.25) is 0 Å². The quantitative estimate of drug-likeness (QED) is 0.866. The summed E-state index contributed by atoms with van der Waals surface area (Å²) in [5.74, 6) is 0.962. The fourth-order valence-electron chi connectivity index (χ4n) is 1.82. The van der Waals surface area contributed by atoms with E-state index in [4.69, 9.17) is 4.74 Å². The minimum absolute atomic E-state index is 0.259. The third kappa shape index (κ3) is 3.31. The van der Waals surface area contributed by atoms with Gasteiger partial charge < -0.3 is 10.1 Å². The molecule has 0 aliphatic heterocycles. The SMILES string of the molecule is CCOc1ccccc1C(C)NCc1cncs1. The van der Waals surface area contributed by atoms with Crippen molar-refractivity contribution in [1.29, 1.82) is 0 Å². The monoisotopic (exact) mass is 262 g/mol. The molecular weight excluding hydrogens is 244 g/mol. The van der Waals surface area contributed by atoms with Gasteiger partial charge in [-0.1, -0.05) is 18.2 Å². The van der Waals surface area contributed by atoms with Crippen molar-refractivity contribution in [2.75, 3.05) is 6.61 Å². The van der Waals surface area contributed by atoms with E-state index in [1.165, 1.54) is 10.4 Å². The van der Waals surface area contributed by atoms with E-state index in [0.29, 0.717) is 6.61 Å². The maximum absolute atomic E-state index is 5.65. The van der Waals surface area contributed by atoms with Crippen LogP contribution in [0.5, 0.6) is 5.75 Å². The number of nitrogens with one attached hydrogen (secondary N) is 1. The van der Waals surface area contributed by atoms with E-state index in [1.54, 1.807) is 11.3 Å². The number of ether oxygens (including phenoxy) is 1. The zero-order valence-corrected chi connectivity index (χ0v) is 11.5. The van der Waals surface area contributed by atoms with Crippen LogP contribution >= 0.6 is 11.3 Å². The molecule has 1 heterocycles. The topological polar surface area (TPSA) is 34.1 Å². The number of hydrogen-bond acceptors (Lipinski definition) is 4. The highest BCUT2D eigenvalue weighted by atomic mass is 32.1. The second-order valence-electron chi connectivity index (χ2n) is 4.04.